The molecule has 33 heavy (non-hydrogen) atoms. The lowest BCUT2D eigenvalue weighted by Crippen LogP contribution is -2.39. The van der Waals surface area contributed by atoms with Gasteiger partial charge >= 0.3 is 0 Å². The standard InChI is InChI=1S/C26H26Cl2N2O3/c27-24-12-11-20(13-25(24)28)26-14-23(33-29-26)17-30(15-19-7-3-1-4-8-19)16-21(31)18-32-22-9-5-2-6-10-22/h1-13,21,23,31H,14-18H2/t21-,23-/m1/s1. The molecule has 0 aliphatic carbocycles. The van der Waals surface area contributed by atoms with Gasteiger partial charge in [-0.1, -0.05) is 83.0 Å². The van der Waals surface area contributed by atoms with Crippen LogP contribution in [-0.2, 0) is 11.4 Å². The molecule has 1 aliphatic rings. The molecule has 172 valence electrons. The zero-order valence-corrected chi connectivity index (χ0v) is 19.6. The molecule has 0 spiro atoms. The van der Waals surface area contributed by atoms with Gasteiger partial charge in [0.1, 0.15) is 24.6 Å². The average molecular weight is 485 g/mol. The summed E-state index contributed by atoms with van der Waals surface area (Å²) in [6.45, 7) is 1.96. The van der Waals surface area contributed by atoms with Gasteiger partial charge in [0.2, 0.25) is 0 Å². The third kappa shape index (κ3) is 6.95. The van der Waals surface area contributed by atoms with E-state index in [1.165, 1.54) is 0 Å². The number of rotatable bonds is 10. The minimum atomic E-state index is -0.647. The van der Waals surface area contributed by atoms with Crippen LogP contribution in [0.25, 0.3) is 0 Å². The SMILES string of the molecule is O[C@@H](COc1ccccc1)CN(Cc1ccccc1)C[C@H]1CC(c2ccc(Cl)c(Cl)c2)=NO1. The van der Waals surface area contributed by atoms with Gasteiger partial charge in [0.25, 0.3) is 0 Å². The van der Waals surface area contributed by atoms with Crippen molar-refractivity contribution in [3.05, 3.63) is 100 Å². The monoisotopic (exact) mass is 484 g/mol. The Morgan fingerprint density at radius 3 is 2.45 bits per heavy atom. The fourth-order valence-electron chi connectivity index (χ4n) is 3.77. The number of aliphatic hydroxyl groups is 1. The molecule has 0 bridgehead atoms. The van der Waals surface area contributed by atoms with Crippen molar-refractivity contribution in [3.8, 4) is 5.75 Å². The first kappa shape index (κ1) is 23.6. The number of ether oxygens (including phenoxy) is 1. The van der Waals surface area contributed by atoms with Crippen LogP contribution in [0.2, 0.25) is 10.0 Å². The van der Waals surface area contributed by atoms with Gasteiger partial charge in [-0.05, 0) is 29.8 Å². The molecule has 1 aliphatic heterocycles. The third-order valence-electron chi connectivity index (χ3n) is 5.35. The highest BCUT2D eigenvalue weighted by Crippen LogP contribution is 2.26. The van der Waals surface area contributed by atoms with Crippen molar-refractivity contribution in [3.63, 3.8) is 0 Å². The molecular weight excluding hydrogens is 459 g/mol. The van der Waals surface area contributed by atoms with Crippen molar-refractivity contribution in [2.75, 3.05) is 19.7 Å². The second kappa shape index (κ2) is 11.5. The summed E-state index contributed by atoms with van der Waals surface area (Å²) in [7, 11) is 0. The maximum Gasteiger partial charge on any atom is 0.145 e. The molecule has 0 radical (unpaired) electrons. The predicted octanol–water partition coefficient (Wildman–Crippen LogP) is 5.43. The Kier molecular flexibility index (Phi) is 8.24. The van der Waals surface area contributed by atoms with Crippen LogP contribution in [0.5, 0.6) is 5.75 Å². The summed E-state index contributed by atoms with van der Waals surface area (Å²) >= 11 is 12.2. The summed E-state index contributed by atoms with van der Waals surface area (Å²) in [5.41, 5.74) is 2.90. The molecule has 0 unspecified atom stereocenters. The number of aliphatic hydroxyl groups excluding tert-OH is 1. The molecule has 0 saturated carbocycles. The van der Waals surface area contributed by atoms with Crippen LogP contribution in [0.1, 0.15) is 17.5 Å². The second-order valence-corrected chi connectivity index (χ2v) is 8.87. The first-order chi connectivity index (χ1) is 16.1. The molecule has 0 aromatic heterocycles. The molecular formula is C26H26Cl2N2O3. The second-order valence-electron chi connectivity index (χ2n) is 8.06. The summed E-state index contributed by atoms with van der Waals surface area (Å²) in [5, 5.41) is 15.9. The highest BCUT2D eigenvalue weighted by Gasteiger charge is 2.26. The van der Waals surface area contributed by atoms with Gasteiger partial charge in [-0.25, -0.2) is 0 Å². The van der Waals surface area contributed by atoms with E-state index in [9.17, 15) is 5.11 Å². The summed E-state index contributed by atoms with van der Waals surface area (Å²) in [5.74, 6) is 0.741. The molecule has 1 heterocycles. The summed E-state index contributed by atoms with van der Waals surface area (Å²) in [6, 6.07) is 25.1. The van der Waals surface area contributed by atoms with Gasteiger partial charge in [-0.15, -0.1) is 0 Å². The number of halogens is 2. The Balaban J connectivity index is 1.37. The average Bonchev–Trinajstić information content (AvgIpc) is 3.29. The molecule has 4 rings (SSSR count). The van der Waals surface area contributed by atoms with Gasteiger partial charge in [-0.2, -0.15) is 0 Å². The minimum absolute atomic E-state index is 0.125. The molecule has 7 heteroatoms. The predicted molar refractivity (Wildman–Crippen MR) is 132 cm³/mol. The van der Waals surface area contributed by atoms with Crippen LogP contribution in [0.3, 0.4) is 0 Å². The number of hydrogen-bond acceptors (Lipinski definition) is 5. The fraction of sp³-hybridized carbons (Fsp3) is 0.269. The van der Waals surface area contributed by atoms with Crippen molar-refractivity contribution in [1.82, 2.24) is 4.90 Å². The quantitative estimate of drug-likeness (QED) is 0.416. The normalized spacial score (nSPS) is 16.4. The van der Waals surface area contributed by atoms with Gasteiger partial charge in [0.05, 0.1) is 15.8 Å². The van der Waals surface area contributed by atoms with E-state index in [0.717, 1.165) is 22.6 Å². The molecule has 5 nitrogen and oxygen atoms in total. The van der Waals surface area contributed by atoms with E-state index in [0.29, 0.717) is 36.1 Å². The zero-order chi connectivity index (χ0) is 23.0. The molecule has 2 atom stereocenters. The maximum atomic E-state index is 10.7. The van der Waals surface area contributed by atoms with Crippen molar-refractivity contribution in [2.24, 2.45) is 5.16 Å². The smallest absolute Gasteiger partial charge is 0.145 e. The van der Waals surface area contributed by atoms with Crippen molar-refractivity contribution >= 4 is 28.9 Å². The molecule has 0 fully saturated rings. The lowest BCUT2D eigenvalue weighted by Gasteiger charge is -2.27. The third-order valence-corrected chi connectivity index (χ3v) is 6.09. The molecule has 0 saturated heterocycles. The number of para-hydroxylation sites is 1. The van der Waals surface area contributed by atoms with E-state index in [2.05, 4.69) is 22.2 Å². The van der Waals surface area contributed by atoms with Gasteiger partial charge in [-0.3, -0.25) is 4.90 Å². The molecule has 1 N–H and O–H groups in total. The van der Waals surface area contributed by atoms with E-state index in [-0.39, 0.29) is 12.7 Å². The van der Waals surface area contributed by atoms with Crippen molar-refractivity contribution in [1.29, 1.82) is 0 Å². The van der Waals surface area contributed by atoms with Crippen LogP contribution in [0.15, 0.2) is 84.0 Å². The van der Waals surface area contributed by atoms with Gasteiger partial charge in [0.15, 0.2) is 0 Å². The van der Waals surface area contributed by atoms with E-state index in [1.807, 2.05) is 54.6 Å². The molecule has 3 aromatic carbocycles. The summed E-state index contributed by atoms with van der Waals surface area (Å²) in [4.78, 5) is 7.90. The van der Waals surface area contributed by atoms with E-state index in [1.54, 1.807) is 12.1 Å². The van der Waals surface area contributed by atoms with E-state index < -0.39 is 6.10 Å². The number of nitrogens with zero attached hydrogens (tertiary/aromatic N) is 2. The van der Waals surface area contributed by atoms with E-state index >= 15 is 0 Å². The molecule has 3 aromatic rings. The lowest BCUT2D eigenvalue weighted by atomic mass is 10.0. The first-order valence-corrected chi connectivity index (χ1v) is 11.6. The van der Waals surface area contributed by atoms with Crippen LogP contribution in [-0.4, -0.2) is 47.6 Å². The highest BCUT2D eigenvalue weighted by molar-refractivity contribution is 6.42. The number of oxime groups is 1. The minimum Gasteiger partial charge on any atom is -0.491 e. The van der Waals surface area contributed by atoms with Crippen LogP contribution >= 0.6 is 23.2 Å². The number of benzene rings is 3. The Bertz CT molecular complexity index is 1060. The first-order valence-electron chi connectivity index (χ1n) is 10.9. The molecule has 0 amide bonds. The largest absolute Gasteiger partial charge is 0.491 e. The maximum absolute atomic E-state index is 10.7. The van der Waals surface area contributed by atoms with Crippen LogP contribution < -0.4 is 4.74 Å². The van der Waals surface area contributed by atoms with E-state index in [4.69, 9.17) is 32.8 Å². The zero-order valence-electron chi connectivity index (χ0n) is 18.1. The Hall–Kier alpha value is -2.57. The van der Waals surface area contributed by atoms with Gasteiger partial charge in [0, 0.05) is 31.6 Å². The summed E-state index contributed by atoms with van der Waals surface area (Å²) in [6.07, 6.45) is -0.119. The lowest BCUT2D eigenvalue weighted by molar-refractivity contribution is 0.0213. The Morgan fingerprint density at radius 2 is 1.73 bits per heavy atom. The summed E-state index contributed by atoms with van der Waals surface area (Å²) < 4.78 is 5.73. The highest BCUT2D eigenvalue weighted by atomic mass is 35.5. The topological polar surface area (TPSA) is 54.3 Å². The van der Waals surface area contributed by atoms with Crippen molar-refractivity contribution < 1.29 is 14.7 Å². The fourth-order valence-corrected chi connectivity index (χ4v) is 4.06. The van der Waals surface area contributed by atoms with Crippen LogP contribution in [0, 0.1) is 0 Å². The van der Waals surface area contributed by atoms with Crippen molar-refractivity contribution in [2.45, 2.75) is 25.2 Å². The van der Waals surface area contributed by atoms with Crippen LogP contribution in [0.4, 0.5) is 0 Å². The number of hydrogen-bond donors (Lipinski definition) is 1. The Morgan fingerprint density at radius 1 is 1.00 bits per heavy atom. The van der Waals surface area contributed by atoms with Gasteiger partial charge < -0.3 is 14.7 Å². The Labute approximate surface area is 204 Å².